The molecule has 0 aliphatic rings. The molecule has 4 rings (SSSR count). The normalized spacial score (nSPS) is 11.0. The molecule has 188 valence electrons. The van der Waals surface area contributed by atoms with Crippen LogP contribution in [-0.2, 0) is 11.3 Å². The number of methoxy groups -OCH3 is 1. The van der Waals surface area contributed by atoms with Crippen LogP contribution in [0.4, 0.5) is 11.6 Å². The third kappa shape index (κ3) is 6.11. The minimum atomic E-state index is -0.229. The molecule has 2 N–H and O–H groups in total. The smallest absolute Gasteiger partial charge is 0.293 e. The number of fused-ring (bicyclic) bond motifs is 1. The van der Waals surface area contributed by atoms with Crippen molar-refractivity contribution in [3.8, 4) is 17.0 Å². The first-order chi connectivity index (χ1) is 17.6. The summed E-state index contributed by atoms with van der Waals surface area (Å²) < 4.78 is 12.5. The fraction of sp³-hybridized carbons (Fsp3) is 0.360. The Bertz CT molecular complexity index is 1360. The van der Waals surface area contributed by atoms with Crippen molar-refractivity contribution < 1.29 is 9.47 Å². The van der Waals surface area contributed by atoms with E-state index in [4.69, 9.17) is 9.47 Å². The van der Waals surface area contributed by atoms with Crippen LogP contribution in [0.25, 0.3) is 22.3 Å². The lowest BCUT2D eigenvalue weighted by Gasteiger charge is -2.14. The zero-order valence-corrected chi connectivity index (χ0v) is 20.7. The average Bonchev–Trinajstić information content (AvgIpc) is 2.90. The van der Waals surface area contributed by atoms with Gasteiger partial charge in [0.25, 0.3) is 5.56 Å². The van der Waals surface area contributed by atoms with Crippen molar-refractivity contribution in [2.45, 2.75) is 26.8 Å². The molecule has 11 heteroatoms. The maximum absolute atomic E-state index is 13.4. The van der Waals surface area contributed by atoms with Crippen molar-refractivity contribution in [1.82, 2.24) is 29.5 Å². The number of aromatic nitrogens is 6. The number of hydrogen-bond acceptors (Lipinski definition) is 10. The minimum Gasteiger partial charge on any atom is -0.481 e. The third-order valence-corrected chi connectivity index (χ3v) is 5.39. The monoisotopic (exact) mass is 490 g/mol. The van der Waals surface area contributed by atoms with Crippen LogP contribution < -0.4 is 20.9 Å². The van der Waals surface area contributed by atoms with Crippen LogP contribution in [0.3, 0.4) is 0 Å². The number of pyridine rings is 2. The standard InChI is InChI=1S/C25H30N8O3/c1-4-12-36-13-11-33-20-14-19(18-5-6-22(35-3)29-15-18)16-30-23(20)32-24(25(33)34)28-10-9-27-21-7-8-26-17(2)31-21/h5-8,14-16H,4,9-13H2,1-3H3,(H,26,27,31)(H,28,30,32). The Hall–Kier alpha value is -4.12. The summed E-state index contributed by atoms with van der Waals surface area (Å²) in [5.41, 5.74) is 2.56. The van der Waals surface area contributed by atoms with E-state index in [1.165, 1.54) is 0 Å². The molecule has 11 nitrogen and oxygen atoms in total. The fourth-order valence-corrected chi connectivity index (χ4v) is 3.62. The van der Waals surface area contributed by atoms with Gasteiger partial charge in [0, 0.05) is 62.0 Å². The number of hydrogen-bond donors (Lipinski definition) is 2. The van der Waals surface area contributed by atoms with E-state index in [-0.39, 0.29) is 11.4 Å². The van der Waals surface area contributed by atoms with Crippen LogP contribution in [0.1, 0.15) is 19.2 Å². The summed E-state index contributed by atoms with van der Waals surface area (Å²) in [5, 5.41) is 6.34. The van der Waals surface area contributed by atoms with Crippen LogP contribution in [0.15, 0.2) is 47.7 Å². The molecule has 0 spiro atoms. The summed E-state index contributed by atoms with van der Waals surface area (Å²) in [6.45, 7) is 6.33. The van der Waals surface area contributed by atoms with Crippen molar-refractivity contribution in [3.05, 3.63) is 59.0 Å². The Morgan fingerprint density at radius 3 is 2.56 bits per heavy atom. The number of nitrogens with zero attached hydrogens (tertiary/aromatic N) is 6. The number of ether oxygens (including phenoxy) is 2. The molecule has 0 radical (unpaired) electrons. The predicted molar refractivity (Wildman–Crippen MR) is 138 cm³/mol. The molecule has 0 amide bonds. The van der Waals surface area contributed by atoms with Gasteiger partial charge in [-0.3, -0.25) is 9.36 Å². The van der Waals surface area contributed by atoms with Crippen LogP contribution in [-0.4, -0.2) is 62.9 Å². The van der Waals surface area contributed by atoms with E-state index >= 15 is 0 Å². The van der Waals surface area contributed by atoms with E-state index in [1.54, 1.807) is 42.4 Å². The third-order valence-electron chi connectivity index (χ3n) is 5.39. The van der Waals surface area contributed by atoms with Crippen molar-refractivity contribution in [1.29, 1.82) is 0 Å². The second-order valence-corrected chi connectivity index (χ2v) is 8.03. The van der Waals surface area contributed by atoms with E-state index in [1.807, 2.05) is 26.0 Å². The first kappa shape index (κ1) is 25.0. The van der Waals surface area contributed by atoms with Crippen LogP contribution in [0.2, 0.25) is 0 Å². The minimum absolute atomic E-state index is 0.229. The summed E-state index contributed by atoms with van der Waals surface area (Å²) >= 11 is 0. The summed E-state index contributed by atoms with van der Waals surface area (Å²) in [6, 6.07) is 7.39. The van der Waals surface area contributed by atoms with Gasteiger partial charge < -0.3 is 20.1 Å². The molecular formula is C25H30N8O3. The van der Waals surface area contributed by atoms with Gasteiger partial charge >= 0.3 is 0 Å². The molecule has 0 saturated heterocycles. The molecule has 0 aromatic carbocycles. The van der Waals surface area contributed by atoms with Gasteiger partial charge in [0.2, 0.25) is 5.88 Å². The quantitative estimate of drug-likeness (QED) is 0.286. The maximum atomic E-state index is 13.4. The Balaban J connectivity index is 1.58. The van der Waals surface area contributed by atoms with E-state index in [0.29, 0.717) is 55.7 Å². The summed E-state index contributed by atoms with van der Waals surface area (Å²) in [4.78, 5) is 35.1. The fourth-order valence-electron chi connectivity index (χ4n) is 3.62. The first-order valence-electron chi connectivity index (χ1n) is 11.8. The van der Waals surface area contributed by atoms with Gasteiger partial charge in [0.15, 0.2) is 11.5 Å². The van der Waals surface area contributed by atoms with E-state index in [2.05, 4.69) is 35.6 Å². The van der Waals surface area contributed by atoms with Gasteiger partial charge in [-0.1, -0.05) is 6.92 Å². The molecule has 0 atom stereocenters. The zero-order chi connectivity index (χ0) is 25.3. The van der Waals surface area contributed by atoms with E-state index in [0.717, 1.165) is 23.4 Å². The summed E-state index contributed by atoms with van der Waals surface area (Å²) in [6.07, 6.45) is 6.05. The Morgan fingerprint density at radius 2 is 1.81 bits per heavy atom. The van der Waals surface area contributed by atoms with Gasteiger partial charge in [-0.25, -0.2) is 24.9 Å². The van der Waals surface area contributed by atoms with Crippen LogP contribution in [0, 0.1) is 6.92 Å². The molecule has 0 fully saturated rings. The highest BCUT2D eigenvalue weighted by Gasteiger charge is 2.13. The van der Waals surface area contributed by atoms with Crippen molar-refractivity contribution in [2.75, 3.05) is 44.0 Å². The highest BCUT2D eigenvalue weighted by atomic mass is 16.5. The lowest BCUT2D eigenvalue weighted by molar-refractivity contribution is 0.127. The van der Waals surface area contributed by atoms with Gasteiger partial charge in [-0.15, -0.1) is 0 Å². The Labute approximate surface area is 209 Å². The van der Waals surface area contributed by atoms with Crippen LogP contribution in [0.5, 0.6) is 5.88 Å². The molecular weight excluding hydrogens is 460 g/mol. The van der Waals surface area contributed by atoms with Gasteiger partial charge in [-0.2, -0.15) is 0 Å². The number of aryl methyl sites for hydroxylation is 1. The largest absolute Gasteiger partial charge is 0.481 e. The molecule has 0 saturated carbocycles. The predicted octanol–water partition coefficient (Wildman–Crippen LogP) is 2.91. The van der Waals surface area contributed by atoms with Gasteiger partial charge in [0.1, 0.15) is 11.6 Å². The SMILES string of the molecule is CCCOCCn1c(=O)c(NCCNc2ccnc(C)n2)nc2ncc(-c3ccc(OC)nc3)cc21. The lowest BCUT2D eigenvalue weighted by Crippen LogP contribution is -2.29. The Kier molecular flexibility index (Phi) is 8.35. The number of nitrogens with one attached hydrogen (secondary N) is 2. The molecule has 4 aromatic rings. The van der Waals surface area contributed by atoms with E-state index < -0.39 is 0 Å². The van der Waals surface area contributed by atoms with Gasteiger partial charge in [0.05, 0.1) is 19.2 Å². The highest BCUT2D eigenvalue weighted by molar-refractivity contribution is 5.78. The van der Waals surface area contributed by atoms with Crippen molar-refractivity contribution >= 4 is 22.8 Å². The molecule has 0 aliphatic carbocycles. The maximum Gasteiger partial charge on any atom is 0.293 e. The molecule has 0 bridgehead atoms. The van der Waals surface area contributed by atoms with Crippen molar-refractivity contribution in [3.63, 3.8) is 0 Å². The second kappa shape index (κ2) is 12.0. The summed E-state index contributed by atoms with van der Waals surface area (Å²) in [5.74, 6) is 2.18. The molecule has 4 aromatic heterocycles. The topological polar surface area (TPSA) is 129 Å². The van der Waals surface area contributed by atoms with Gasteiger partial charge in [-0.05, 0) is 31.5 Å². The average molecular weight is 491 g/mol. The summed E-state index contributed by atoms with van der Waals surface area (Å²) in [7, 11) is 1.57. The second-order valence-electron chi connectivity index (χ2n) is 8.03. The number of rotatable bonds is 12. The molecule has 0 aliphatic heterocycles. The first-order valence-corrected chi connectivity index (χ1v) is 11.8. The Morgan fingerprint density at radius 1 is 0.972 bits per heavy atom. The highest BCUT2D eigenvalue weighted by Crippen LogP contribution is 2.23. The number of anilines is 2. The molecule has 36 heavy (non-hydrogen) atoms. The van der Waals surface area contributed by atoms with E-state index in [9.17, 15) is 4.79 Å². The van der Waals surface area contributed by atoms with Crippen molar-refractivity contribution in [2.24, 2.45) is 0 Å². The molecule has 4 heterocycles. The lowest BCUT2D eigenvalue weighted by atomic mass is 10.1. The molecule has 0 unspecified atom stereocenters. The van der Waals surface area contributed by atoms with Crippen LogP contribution >= 0.6 is 0 Å². The zero-order valence-electron chi connectivity index (χ0n) is 20.7.